The van der Waals surface area contributed by atoms with Crippen molar-refractivity contribution in [3.63, 3.8) is 0 Å². The zero-order valence-corrected chi connectivity index (χ0v) is 17.5. The van der Waals surface area contributed by atoms with Crippen LogP contribution in [0.25, 0.3) is 5.69 Å². The number of nitrogens with two attached hydrogens (primary N) is 1. The van der Waals surface area contributed by atoms with Gasteiger partial charge in [0.1, 0.15) is 5.82 Å². The van der Waals surface area contributed by atoms with Crippen LogP contribution in [0.3, 0.4) is 0 Å². The Hall–Kier alpha value is -2.74. The van der Waals surface area contributed by atoms with Crippen molar-refractivity contribution in [1.29, 1.82) is 0 Å². The number of halogens is 1. The molecule has 2 aliphatic carbocycles. The molecule has 1 aromatic carbocycles. The van der Waals surface area contributed by atoms with E-state index in [1.165, 1.54) is 6.07 Å². The maximum atomic E-state index is 15.0. The molecular formula is C22H27FN4O3. The van der Waals surface area contributed by atoms with E-state index in [2.05, 4.69) is 10.4 Å². The molecule has 4 rings (SSSR count). The fourth-order valence-corrected chi connectivity index (χ4v) is 4.74. The highest BCUT2D eigenvalue weighted by Crippen LogP contribution is 2.38. The highest BCUT2D eigenvalue weighted by atomic mass is 19.1. The smallest absolute Gasteiger partial charge is 0.253 e. The van der Waals surface area contributed by atoms with Gasteiger partial charge in [0, 0.05) is 12.5 Å². The number of carbonyl (C=O) groups excluding carboxylic acids is 2. The Balaban J connectivity index is 1.84. The number of carbonyl (C=O) groups is 2. The molecule has 1 fully saturated rings. The first-order valence-electron chi connectivity index (χ1n) is 10.3. The zero-order valence-electron chi connectivity index (χ0n) is 17.5. The largest absolute Gasteiger partial charge is 0.391 e. The second kappa shape index (κ2) is 7.19. The lowest BCUT2D eigenvalue weighted by Crippen LogP contribution is -2.30. The number of nitrogens with zero attached hydrogens (tertiary/aromatic N) is 2. The van der Waals surface area contributed by atoms with Crippen LogP contribution in [-0.4, -0.2) is 38.7 Å². The second-order valence-electron chi connectivity index (χ2n) is 9.22. The molecule has 1 heterocycles. The van der Waals surface area contributed by atoms with E-state index < -0.39 is 17.8 Å². The standard InChI is InChI=1S/C22H27FN4O3/c1-11-19-16(9-22(2,3)10-18(19)29)27(26-11)12-7-13(23)20(21(24)30)15(8-12)25-14-5-4-6-17(14)28/h7-8,14,17,25,28H,4-6,9-10H2,1-3H3,(H2,24,30)/t14-,17-/m1/s1. The van der Waals surface area contributed by atoms with Crippen molar-refractivity contribution >= 4 is 17.4 Å². The monoisotopic (exact) mass is 414 g/mol. The summed E-state index contributed by atoms with van der Waals surface area (Å²) in [5.74, 6) is -1.62. The summed E-state index contributed by atoms with van der Waals surface area (Å²) in [6.45, 7) is 5.81. The Morgan fingerprint density at radius 3 is 2.70 bits per heavy atom. The van der Waals surface area contributed by atoms with E-state index in [0.717, 1.165) is 12.1 Å². The number of hydrogen-bond acceptors (Lipinski definition) is 5. The molecule has 2 aromatic rings. The summed E-state index contributed by atoms with van der Waals surface area (Å²) in [7, 11) is 0. The molecule has 0 unspecified atom stereocenters. The van der Waals surface area contributed by atoms with Gasteiger partial charge in [-0.15, -0.1) is 0 Å². The van der Waals surface area contributed by atoms with Gasteiger partial charge in [-0.25, -0.2) is 9.07 Å². The predicted molar refractivity (Wildman–Crippen MR) is 110 cm³/mol. The van der Waals surface area contributed by atoms with E-state index in [9.17, 15) is 19.1 Å². The summed E-state index contributed by atoms with van der Waals surface area (Å²) in [4.78, 5) is 24.6. The fourth-order valence-electron chi connectivity index (χ4n) is 4.74. The number of aromatic nitrogens is 2. The van der Waals surface area contributed by atoms with Crippen LogP contribution in [-0.2, 0) is 6.42 Å². The lowest BCUT2D eigenvalue weighted by Gasteiger charge is -2.29. The number of amides is 1. The van der Waals surface area contributed by atoms with Crippen molar-refractivity contribution in [2.75, 3.05) is 5.32 Å². The third-order valence-electron chi connectivity index (χ3n) is 6.11. The van der Waals surface area contributed by atoms with E-state index in [0.29, 0.717) is 42.6 Å². The SMILES string of the molecule is Cc1nn(-c2cc(F)c(C(N)=O)c(N[C@@H]3CCC[C@H]3O)c2)c2c1C(=O)CC(C)(C)C2. The molecule has 1 saturated carbocycles. The van der Waals surface area contributed by atoms with Gasteiger partial charge < -0.3 is 16.2 Å². The molecule has 0 spiro atoms. The van der Waals surface area contributed by atoms with E-state index >= 15 is 0 Å². The Morgan fingerprint density at radius 2 is 2.07 bits per heavy atom. The molecule has 4 N–H and O–H groups in total. The van der Waals surface area contributed by atoms with Crippen LogP contribution in [0.15, 0.2) is 12.1 Å². The van der Waals surface area contributed by atoms with E-state index in [4.69, 9.17) is 5.73 Å². The first kappa shape index (κ1) is 20.5. The van der Waals surface area contributed by atoms with Gasteiger partial charge in [-0.2, -0.15) is 5.10 Å². The van der Waals surface area contributed by atoms with E-state index in [1.54, 1.807) is 17.7 Å². The molecule has 0 bridgehead atoms. The van der Waals surface area contributed by atoms with Crippen LogP contribution in [0.1, 0.15) is 71.6 Å². The van der Waals surface area contributed by atoms with Crippen LogP contribution in [0.4, 0.5) is 10.1 Å². The maximum Gasteiger partial charge on any atom is 0.253 e. The van der Waals surface area contributed by atoms with Gasteiger partial charge in [0.25, 0.3) is 5.91 Å². The fraction of sp³-hybridized carbons (Fsp3) is 0.500. The number of ketones is 1. The van der Waals surface area contributed by atoms with Crippen molar-refractivity contribution in [3.05, 3.63) is 40.5 Å². The van der Waals surface area contributed by atoms with Gasteiger partial charge >= 0.3 is 0 Å². The second-order valence-corrected chi connectivity index (χ2v) is 9.22. The summed E-state index contributed by atoms with van der Waals surface area (Å²) >= 11 is 0. The Labute approximate surface area is 174 Å². The number of aliphatic hydroxyl groups excluding tert-OH is 1. The Bertz CT molecular complexity index is 1040. The number of Topliss-reactive ketones (excluding diaryl/α,β-unsaturated/α-hetero) is 1. The number of rotatable bonds is 4. The van der Waals surface area contributed by atoms with Gasteiger partial charge in [-0.1, -0.05) is 13.8 Å². The van der Waals surface area contributed by atoms with E-state index in [1.807, 2.05) is 13.8 Å². The normalized spacial score (nSPS) is 22.8. The van der Waals surface area contributed by atoms with Crippen LogP contribution in [0.2, 0.25) is 0 Å². The maximum absolute atomic E-state index is 15.0. The highest BCUT2D eigenvalue weighted by Gasteiger charge is 2.36. The average Bonchev–Trinajstić information content (AvgIpc) is 3.16. The molecular weight excluding hydrogens is 387 g/mol. The number of aryl methyl sites for hydroxylation is 1. The number of nitrogens with one attached hydrogen (secondary N) is 1. The minimum atomic E-state index is -0.885. The first-order valence-corrected chi connectivity index (χ1v) is 10.3. The van der Waals surface area contributed by atoms with Crippen LogP contribution in [0, 0.1) is 18.2 Å². The summed E-state index contributed by atoms with van der Waals surface area (Å²) in [5, 5.41) is 17.8. The zero-order chi connectivity index (χ0) is 21.8. The van der Waals surface area contributed by atoms with Crippen molar-refractivity contribution < 1.29 is 19.1 Å². The quantitative estimate of drug-likeness (QED) is 0.713. The number of anilines is 1. The molecule has 0 aliphatic heterocycles. The molecule has 0 saturated heterocycles. The Morgan fingerprint density at radius 1 is 1.33 bits per heavy atom. The lowest BCUT2D eigenvalue weighted by atomic mass is 9.75. The lowest BCUT2D eigenvalue weighted by molar-refractivity contribution is 0.0909. The Kier molecular flexibility index (Phi) is 4.92. The summed E-state index contributed by atoms with van der Waals surface area (Å²) in [6.07, 6.45) is 2.69. The number of hydrogen-bond donors (Lipinski definition) is 3. The number of benzene rings is 1. The van der Waals surface area contributed by atoms with Crippen LogP contribution >= 0.6 is 0 Å². The average molecular weight is 414 g/mol. The molecule has 160 valence electrons. The molecule has 30 heavy (non-hydrogen) atoms. The predicted octanol–water partition coefficient (Wildman–Crippen LogP) is 2.90. The third-order valence-corrected chi connectivity index (χ3v) is 6.11. The van der Waals surface area contributed by atoms with Crippen LogP contribution in [0.5, 0.6) is 0 Å². The molecule has 2 aliphatic rings. The molecule has 1 aromatic heterocycles. The molecule has 2 atom stereocenters. The van der Waals surface area contributed by atoms with Gasteiger partial charge in [0.15, 0.2) is 5.78 Å². The van der Waals surface area contributed by atoms with Gasteiger partial charge in [-0.05, 0) is 44.1 Å². The van der Waals surface area contributed by atoms with Gasteiger partial charge in [-0.3, -0.25) is 9.59 Å². The third kappa shape index (κ3) is 3.49. The van der Waals surface area contributed by atoms with Crippen molar-refractivity contribution in [1.82, 2.24) is 9.78 Å². The van der Waals surface area contributed by atoms with Crippen molar-refractivity contribution in [2.45, 2.75) is 65.0 Å². The molecule has 0 radical (unpaired) electrons. The van der Waals surface area contributed by atoms with Gasteiger partial charge in [0.05, 0.1) is 46.0 Å². The molecule has 1 amide bonds. The van der Waals surface area contributed by atoms with E-state index in [-0.39, 0.29) is 28.5 Å². The summed E-state index contributed by atoms with van der Waals surface area (Å²) in [6, 6.07) is 2.55. The summed E-state index contributed by atoms with van der Waals surface area (Å²) in [5.41, 5.74) is 7.53. The molecule has 8 heteroatoms. The number of fused-ring (bicyclic) bond motifs is 1. The first-order chi connectivity index (χ1) is 14.1. The number of aliphatic hydroxyl groups is 1. The summed E-state index contributed by atoms with van der Waals surface area (Å²) < 4.78 is 16.6. The van der Waals surface area contributed by atoms with Crippen molar-refractivity contribution in [3.8, 4) is 5.69 Å². The van der Waals surface area contributed by atoms with Gasteiger partial charge in [0.2, 0.25) is 0 Å². The minimum Gasteiger partial charge on any atom is -0.391 e. The minimum absolute atomic E-state index is 0.0339. The topological polar surface area (TPSA) is 110 Å². The number of primary amides is 1. The van der Waals surface area contributed by atoms with Crippen LogP contribution < -0.4 is 11.1 Å². The highest BCUT2D eigenvalue weighted by molar-refractivity contribution is 6.00. The van der Waals surface area contributed by atoms with Crippen molar-refractivity contribution in [2.24, 2.45) is 11.1 Å². The molecule has 7 nitrogen and oxygen atoms in total.